The molecule has 0 radical (unpaired) electrons. The number of nitrogens with two attached hydrogens (primary N) is 1. The van der Waals surface area contributed by atoms with Crippen molar-refractivity contribution >= 4 is 12.3 Å². The molecule has 0 aliphatic rings. The van der Waals surface area contributed by atoms with Crippen molar-refractivity contribution in [3.63, 3.8) is 0 Å². The third-order valence-corrected chi connectivity index (χ3v) is 2.05. The molecular formula is C9H17NO7. The lowest BCUT2D eigenvalue weighted by Gasteiger charge is -2.28. The van der Waals surface area contributed by atoms with Gasteiger partial charge in [0.2, 0.25) is 0 Å². The van der Waals surface area contributed by atoms with Crippen LogP contribution in [0.1, 0.15) is 6.92 Å². The maximum atomic E-state index is 11.1. The Balaban J connectivity index is 4.75. The van der Waals surface area contributed by atoms with E-state index in [1.165, 1.54) is 0 Å². The standard InChI is InChI=1S/C9H17NO7/c1-4(13)9(16)17-8(6(14)3-12)7(15)5(10)2-11/h2,4-8,12-15H,3,10H2,1H3/t4?,5-,6+,7+,8+/m0/s1. The minimum absolute atomic E-state index is 0.206. The molecule has 0 bridgehead atoms. The summed E-state index contributed by atoms with van der Waals surface area (Å²) < 4.78 is 4.56. The average molecular weight is 251 g/mol. The van der Waals surface area contributed by atoms with Gasteiger partial charge in [0.15, 0.2) is 6.10 Å². The van der Waals surface area contributed by atoms with E-state index in [1.807, 2.05) is 0 Å². The van der Waals surface area contributed by atoms with Crippen molar-refractivity contribution < 1.29 is 34.8 Å². The van der Waals surface area contributed by atoms with E-state index in [1.54, 1.807) is 0 Å². The first kappa shape index (κ1) is 15.9. The van der Waals surface area contributed by atoms with Crippen molar-refractivity contribution in [1.82, 2.24) is 0 Å². The Bertz CT molecular complexity index is 258. The monoisotopic (exact) mass is 251 g/mol. The van der Waals surface area contributed by atoms with Gasteiger partial charge in [-0.3, -0.25) is 0 Å². The predicted octanol–water partition coefficient (Wildman–Crippen LogP) is -3.48. The number of carbonyl (C=O) groups excluding carboxylic acids is 2. The molecule has 0 aromatic rings. The summed E-state index contributed by atoms with van der Waals surface area (Å²) >= 11 is 0. The normalized spacial score (nSPS) is 19.9. The van der Waals surface area contributed by atoms with Crippen LogP contribution in [0.3, 0.4) is 0 Å². The van der Waals surface area contributed by atoms with E-state index >= 15 is 0 Å². The van der Waals surface area contributed by atoms with Gasteiger partial charge in [0.25, 0.3) is 0 Å². The Hall–Kier alpha value is -1.06. The Kier molecular flexibility index (Phi) is 6.85. The van der Waals surface area contributed by atoms with Crippen LogP contribution in [0.2, 0.25) is 0 Å². The number of esters is 1. The number of ether oxygens (including phenoxy) is 1. The highest BCUT2D eigenvalue weighted by molar-refractivity contribution is 5.74. The molecule has 17 heavy (non-hydrogen) atoms. The second-order valence-corrected chi connectivity index (χ2v) is 3.53. The summed E-state index contributed by atoms with van der Waals surface area (Å²) in [7, 11) is 0. The van der Waals surface area contributed by atoms with Crippen molar-refractivity contribution in [2.45, 2.75) is 37.4 Å². The first-order valence-electron chi connectivity index (χ1n) is 4.91. The van der Waals surface area contributed by atoms with E-state index < -0.39 is 43.0 Å². The fourth-order valence-electron chi connectivity index (χ4n) is 1.01. The highest BCUT2D eigenvalue weighted by Gasteiger charge is 2.34. The summed E-state index contributed by atoms with van der Waals surface area (Å²) in [6.07, 6.45) is -6.15. The molecule has 0 aliphatic carbocycles. The topological polar surface area (TPSA) is 150 Å². The van der Waals surface area contributed by atoms with Crippen LogP contribution in [0.25, 0.3) is 0 Å². The first-order chi connectivity index (χ1) is 7.84. The summed E-state index contributed by atoms with van der Waals surface area (Å²) in [5.41, 5.74) is 5.20. The van der Waals surface area contributed by atoms with Crippen LogP contribution in [0.4, 0.5) is 0 Å². The van der Waals surface area contributed by atoms with E-state index in [0.29, 0.717) is 0 Å². The molecule has 0 heterocycles. The molecule has 0 saturated carbocycles. The number of aliphatic hydroxyl groups excluding tert-OH is 4. The number of aliphatic hydroxyl groups is 4. The molecular weight excluding hydrogens is 234 g/mol. The zero-order chi connectivity index (χ0) is 13.6. The van der Waals surface area contributed by atoms with Crippen LogP contribution in [-0.4, -0.2) is 69.7 Å². The third-order valence-electron chi connectivity index (χ3n) is 2.05. The van der Waals surface area contributed by atoms with E-state index in [4.69, 9.17) is 15.9 Å². The molecule has 0 aromatic carbocycles. The molecule has 0 aromatic heterocycles. The van der Waals surface area contributed by atoms with E-state index in [2.05, 4.69) is 4.74 Å². The zero-order valence-electron chi connectivity index (χ0n) is 9.26. The molecule has 8 heteroatoms. The summed E-state index contributed by atoms with van der Waals surface area (Å²) in [6, 6.07) is -1.39. The Labute approximate surface area is 97.6 Å². The number of carbonyl (C=O) groups is 2. The van der Waals surface area contributed by atoms with Crippen molar-refractivity contribution in [2.24, 2.45) is 5.73 Å². The van der Waals surface area contributed by atoms with Crippen molar-refractivity contribution in [3.8, 4) is 0 Å². The molecule has 0 amide bonds. The molecule has 0 fully saturated rings. The van der Waals surface area contributed by atoms with Crippen LogP contribution < -0.4 is 5.73 Å². The van der Waals surface area contributed by atoms with Crippen LogP contribution in [-0.2, 0) is 14.3 Å². The van der Waals surface area contributed by atoms with Gasteiger partial charge in [-0.1, -0.05) is 0 Å². The summed E-state index contributed by atoms with van der Waals surface area (Å²) in [5.74, 6) is -1.11. The fraction of sp³-hybridized carbons (Fsp3) is 0.778. The highest BCUT2D eigenvalue weighted by atomic mass is 16.6. The van der Waals surface area contributed by atoms with Gasteiger partial charge in [-0.05, 0) is 6.92 Å². The Morgan fingerprint density at radius 3 is 2.29 bits per heavy atom. The number of hydrogen-bond acceptors (Lipinski definition) is 8. The van der Waals surface area contributed by atoms with Gasteiger partial charge in [-0.25, -0.2) is 4.79 Å². The molecule has 8 nitrogen and oxygen atoms in total. The molecule has 0 saturated heterocycles. The smallest absolute Gasteiger partial charge is 0.335 e. The van der Waals surface area contributed by atoms with Crippen molar-refractivity contribution in [3.05, 3.63) is 0 Å². The molecule has 6 N–H and O–H groups in total. The molecule has 1 unspecified atom stereocenters. The van der Waals surface area contributed by atoms with Gasteiger partial charge in [0.05, 0.1) is 12.6 Å². The van der Waals surface area contributed by atoms with Crippen LogP contribution in [0.5, 0.6) is 0 Å². The molecule has 0 rings (SSSR count). The summed E-state index contributed by atoms with van der Waals surface area (Å²) in [4.78, 5) is 21.4. The van der Waals surface area contributed by atoms with E-state index in [0.717, 1.165) is 6.92 Å². The SMILES string of the molecule is CC(O)C(=O)O[C@@H]([C@H](O)[C@@H](N)C=O)[C@H](O)CO. The average Bonchev–Trinajstić information content (AvgIpc) is 2.32. The number of rotatable bonds is 7. The minimum Gasteiger partial charge on any atom is -0.455 e. The summed E-state index contributed by atoms with van der Waals surface area (Å²) in [5, 5.41) is 36.5. The van der Waals surface area contributed by atoms with Gasteiger partial charge < -0.3 is 35.7 Å². The Morgan fingerprint density at radius 2 is 1.94 bits per heavy atom. The van der Waals surface area contributed by atoms with E-state index in [9.17, 15) is 19.8 Å². The van der Waals surface area contributed by atoms with Crippen LogP contribution in [0, 0.1) is 0 Å². The van der Waals surface area contributed by atoms with Gasteiger partial charge in [-0.2, -0.15) is 0 Å². The van der Waals surface area contributed by atoms with Crippen molar-refractivity contribution in [2.75, 3.05) is 6.61 Å². The fourth-order valence-corrected chi connectivity index (χ4v) is 1.01. The first-order valence-corrected chi connectivity index (χ1v) is 4.91. The van der Waals surface area contributed by atoms with E-state index in [-0.39, 0.29) is 6.29 Å². The highest BCUT2D eigenvalue weighted by Crippen LogP contribution is 2.09. The largest absolute Gasteiger partial charge is 0.455 e. The summed E-state index contributed by atoms with van der Waals surface area (Å²) in [6.45, 7) is 0.317. The maximum Gasteiger partial charge on any atom is 0.335 e. The predicted molar refractivity (Wildman–Crippen MR) is 54.7 cm³/mol. The number of hydrogen-bond donors (Lipinski definition) is 5. The zero-order valence-corrected chi connectivity index (χ0v) is 9.26. The third kappa shape index (κ3) is 4.75. The number of aldehydes is 1. The quantitative estimate of drug-likeness (QED) is 0.231. The minimum atomic E-state index is -1.68. The van der Waals surface area contributed by atoms with Gasteiger partial charge in [0, 0.05) is 0 Å². The lowest BCUT2D eigenvalue weighted by atomic mass is 10.0. The van der Waals surface area contributed by atoms with Crippen LogP contribution in [0.15, 0.2) is 0 Å². The second kappa shape index (κ2) is 7.30. The van der Waals surface area contributed by atoms with Gasteiger partial charge in [-0.15, -0.1) is 0 Å². The second-order valence-electron chi connectivity index (χ2n) is 3.53. The van der Waals surface area contributed by atoms with Crippen LogP contribution >= 0.6 is 0 Å². The maximum absolute atomic E-state index is 11.1. The lowest BCUT2D eigenvalue weighted by Crippen LogP contribution is -2.52. The molecule has 5 atom stereocenters. The molecule has 0 spiro atoms. The Morgan fingerprint density at radius 1 is 1.41 bits per heavy atom. The molecule has 0 aliphatic heterocycles. The molecule has 100 valence electrons. The van der Waals surface area contributed by atoms with Crippen molar-refractivity contribution in [1.29, 1.82) is 0 Å². The van der Waals surface area contributed by atoms with Gasteiger partial charge >= 0.3 is 5.97 Å². The van der Waals surface area contributed by atoms with Gasteiger partial charge in [0.1, 0.15) is 24.6 Å². The lowest BCUT2D eigenvalue weighted by molar-refractivity contribution is -0.176.